The number of rotatable bonds is 5. The highest BCUT2D eigenvalue weighted by Gasteiger charge is 2.28. The van der Waals surface area contributed by atoms with E-state index >= 15 is 0 Å². The molecule has 0 saturated carbocycles. The number of carboxylic acid groups (broad SMARTS) is 1. The van der Waals surface area contributed by atoms with Crippen molar-refractivity contribution in [1.82, 2.24) is 5.32 Å². The lowest BCUT2D eigenvalue weighted by Crippen LogP contribution is -2.39. The summed E-state index contributed by atoms with van der Waals surface area (Å²) in [5.74, 6) is -1.12. The van der Waals surface area contributed by atoms with Crippen molar-refractivity contribution in [2.24, 2.45) is 5.92 Å². The standard InChI is InChI=1S/C20H29NO4/c1-13-11-15(9-10-25-13)19(24)21-17(12-18(22)23)14-5-7-16(8-6-14)20(2,3)4/h5-8,13,15,17H,9-12H2,1-4H3,(H,21,24)(H,22,23). The van der Waals surface area contributed by atoms with E-state index in [0.717, 1.165) is 5.56 Å². The maximum atomic E-state index is 12.6. The van der Waals surface area contributed by atoms with Gasteiger partial charge in [-0.15, -0.1) is 0 Å². The van der Waals surface area contributed by atoms with E-state index in [9.17, 15) is 14.7 Å². The SMILES string of the molecule is CC1CC(C(=O)NC(CC(=O)O)c2ccc(C(C)(C)C)cc2)CCO1. The first-order valence-electron chi connectivity index (χ1n) is 8.91. The fourth-order valence-corrected chi connectivity index (χ4v) is 3.17. The molecule has 25 heavy (non-hydrogen) atoms. The van der Waals surface area contributed by atoms with Gasteiger partial charge < -0.3 is 15.2 Å². The molecule has 1 saturated heterocycles. The van der Waals surface area contributed by atoms with E-state index in [1.807, 2.05) is 31.2 Å². The highest BCUT2D eigenvalue weighted by atomic mass is 16.5. The monoisotopic (exact) mass is 347 g/mol. The minimum atomic E-state index is -0.925. The molecule has 1 aromatic carbocycles. The third kappa shape index (κ3) is 5.56. The number of carboxylic acids is 1. The fourth-order valence-electron chi connectivity index (χ4n) is 3.17. The number of carbonyl (C=O) groups is 2. The Hall–Kier alpha value is -1.88. The van der Waals surface area contributed by atoms with E-state index < -0.39 is 12.0 Å². The van der Waals surface area contributed by atoms with Crippen LogP contribution in [-0.2, 0) is 19.7 Å². The molecule has 5 nitrogen and oxygen atoms in total. The summed E-state index contributed by atoms with van der Waals surface area (Å²) in [6.07, 6.45) is 1.29. The lowest BCUT2D eigenvalue weighted by molar-refractivity contribution is -0.138. The summed E-state index contributed by atoms with van der Waals surface area (Å²) >= 11 is 0. The summed E-state index contributed by atoms with van der Waals surface area (Å²) in [5, 5.41) is 12.2. The van der Waals surface area contributed by atoms with Gasteiger partial charge in [-0.25, -0.2) is 0 Å². The van der Waals surface area contributed by atoms with Crippen molar-refractivity contribution in [3.05, 3.63) is 35.4 Å². The van der Waals surface area contributed by atoms with Gasteiger partial charge in [0.05, 0.1) is 18.6 Å². The minimum absolute atomic E-state index is 0.0301. The molecule has 1 heterocycles. The second-order valence-electron chi connectivity index (χ2n) is 7.93. The molecule has 2 rings (SSSR count). The average Bonchev–Trinajstić information content (AvgIpc) is 2.53. The Morgan fingerprint density at radius 2 is 1.92 bits per heavy atom. The molecule has 3 atom stereocenters. The van der Waals surface area contributed by atoms with Gasteiger partial charge >= 0.3 is 5.97 Å². The predicted octanol–water partition coefficient (Wildman–Crippen LogP) is 3.43. The Morgan fingerprint density at radius 1 is 1.28 bits per heavy atom. The van der Waals surface area contributed by atoms with Crippen LogP contribution in [-0.4, -0.2) is 29.7 Å². The van der Waals surface area contributed by atoms with E-state index in [0.29, 0.717) is 19.4 Å². The van der Waals surface area contributed by atoms with Crippen LogP contribution in [0.3, 0.4) is 0 Å². The molecule has 1 aliphatic rings. The number of aliphatic carboxylic acids is 1. The summed E-state index contributed by atoms with van der Waals surface area (Å²) in [5.41, 5.74) is 2.03. The molecule has 138 valence electrons. The summed E-state index contributed by atoms with van der Waals surface area (Å²) in [6, 6.07) is 7.33. The summed E-state index contributed by atoms with van der Waals surface area (Å²) in [4.78, 5) is 23.8. The van der Waals surface area contributed by atoms with Crippen LogP contribution < -0.4 is 5.32 Å². The molecule has 2 N–H and O–H groups in total. The maximum absolute atomic E-state index is 12.6. The van der Waals surface area contributed by atoms with Gasteiger partial charge in [0.15, 0.2) is 0 Å². The Labute approximate surface area is 149 Å². The van der Waals surface area contributed by atoms with Crippen LogP contribution in [0.4, 0.5) is 0 Å². The second-order valence-corrected chi connectivity index (χ2v) is 7.93. The van der Waals surface area contributed by atoms with Gasteiger partial charge in [0, 0.05) is 12.5 Å². The zero-order valence-electron chi connectivity index (χ0n) is 15.5. The molecule has 5 heteroatoms. The van der Waals surface area contributed by atoms with E-state index in [4.69, 9.17) is 4.74 Å². The molecular formula is C20H29NO4. The molecule has 0 bridgehead atoms. The van der Waals surface area contributed by atoms with Crippen LogP contribution in [0.1, 0.15) is 64.1 Å². The van der Waals surface area contributed by atoms with Crippen molar-refractivity contribution in [3.8, 4) is 0 Å². The van der Waals surface area contributed by atoms with E-state index in [2.05, 4.69) is 26.1 Å². The molecule has 1 fully saturated rings. The van der Waals surface area contributed by atoms with Crippen molar-refractivity contribution < 1.29 is 19.4 Å². The number of ether oxygens (including phenoxy) is 1. The quantitative estimate of drug-likeness (QED) is 0.855. The van der Waals surface area contributed by atoms with E-state index in [1.165, 1.54) is 5.56 Å². The smallest absolute Gasteiger partial charge is 0.305 e. The molecule has 1 aliphatic heterocycles. The predicted molar refractivity (Wildman–Crippen MR) is 96.4 cm³/mol. The third-order valence-electron chi connectivity index (χ3n) is 4.73. The number of nitrogens with one attached hydrogen (secondary N) is 1. The highest BCUT2D eigenvalue weighted by molar-refractivity contribution is 5.80. The van der Waals surface area contributed by atoms with E-state index in [-0.39, 0.29) is 29.8 Å². The van der Waals surface area contributed by atoms with Crippen molar-refractivity contribution >= 4 is 11.9 Å². The van der Waals surface area contributed by atoms with Gasteiger partial charge in [-0.2, -0.15) is 0 Å². The average molecular weight is 347 g/mol. The maximum Gasteiger partial charge on any atom is 0.305 e. The van der Waals surface area contributed by atoms with Crippen molar-refractivity contribution in [3.63, 3.8) is 0 Å². The molecule has 1 amide bonds. The lowest BCUT2D eigenvalue weighted by atomic mass is 9.86. The highest BCUT2D eigenvalue weighted by Crippen LogP contribution is 2.26. The van der Waals surface area contributed by atoms with Gasteiger partial charge in [-0.3, -0.25) is 9.59 Å². The van der Waals surface area contributed by atoms with Gasteiger partial charge in [0.2, 0.25) is 5.91 Å². The normalized spacial score (nSPS) is 22.2. The lowest BCUT2D eigenvalue weighted by Gasteiger charge is -2.28. The summed E-state index contributed by atoms with van der Waals surface area (Å²) in [7, 11) is 0. The molecule has 1 aromatic rings. The van der Waals surface area contributed by atoms with Gasteiger partial charge in [-0.05, 0) is 36.3 Å². The molecule has 0 aromatic heterocycles. The number of benzene rings is 1. The van der Waals surface area contributed by atoms with Gasteiger partial charge in [-0.1, -0.05) is 45.0 Å². The zero-order chi connectivity index (χ0) is 18.6. The van der Waals surface area contributed by atoms with Crippen LogP contribution in [0.2, 0.25) is 0 Å². The molecule has 3 unspecified atom stereocenters. The van der Waals surface area contributed by atoms with Crippen LogP contribution in [0.5, 0.6) is 0 Å². The Kier molecular flexibility index (Phi) is 6.22. The minimum Gasteiger partial charge on any atom is -0.481 e. The second kappa shape index (κ2) is 8.00. The van der Waals surface area contributed by atoms with Crippen LogP contribution in [0, 0.1) is 5.92 Å². The topological polar surface area (TPSA) is 75.6 Å². The number of hydrogen-bond acceptors (Lipinski definition) is 3. The Balaban J connectivity index is 2.12. The zero-order valence-corrected chi connectivity index (χ0v) is 15.5. The first-order chi connectivity index (χ1) is 11.7. The van der Waals surface area contributed by atoms with Crippen molar-refractivity contribution in [2.45, 2.75) is 64.5 Å². The van der Waals surface area contributed by atoms with Crippen molar-refractivity contribution in [1.29, 1.82) is 0 Å². The molecular weight excluding hydrogens is 318 g/mol. The van der Waals surface area contributed by atoms with Crippen LogP contribution >= 0.6 is 0 Å². The fraction of sp³-hybridized carbons (Fsp3) is 0.600. The summed E-state index contributed by atoms with van der Waals surface area (Å²) < 4.78 is 5.48. The van der Waals surface area contributed by atoms with Gasteiger partial charge in [0.25, 0.3) is 0 Å². The van der Waals surface area contributed by atoms with Gasteiger partial charge in [0.1, 0.15) is 0 Å². The largest absolute Gasteiger partial charge is 0.481 e. The number of carbonyl (C=O) groups excluding carboxylic acids is 1. The third-order valence-corrected chi connectivity index (χ3v) is 4.73. The van der Waals surface area contributed by atoms with Crippen LogP contribution in [0.25, 0.3) is 0 Å². The summed E-state index contributed by atoms with van der Waals surface area (Å²) in [6.45, 7) is 8.92. The molecule has 0 radical (unpaired) electrons. The molecule has 0 spiro atoms. The Bertz CT molecular complexity index is 603. The van der Waals surface area contributed by atoms with Crippen LogP contribution in [0.15, 0.2) is 24.3 Å². The van der Waals surface area contributed by atoms with E-state index in [1.54, 1.807) is 0 Å². The first-order valence-corrected chi connectivity index (χ1v) is 8.91. The Morgan fingerprint density at radius 3 is 2.44 bits per heavy atom. The first kappa shape index (κ1) is 19.4. The molecule has 0 aliphatic carbocycles. The van der Waals surface area contributed by atoms with Crippen molar-refractivity contribution in [2.75, 3.05) is 6.61 Å². The number of amides is 1. The number of hydrogen-bond donors (Lipinski definition) is 2.